The van der Waals surface area contributed by atoms with Gasteiger partial charge in [0.25, 0.3) is 0 Å². The normalized spacial score (nSPS) is 18.1. The van der Waals surface area contributed by atoms with Crippen molar-refractivity contribution in [2.45, 2.75) is 18.9 Å². The summed E-state index contributed by atoms with van der Waals surface area (Å²) in [6, 6.07) is 14.9. The van der Waals surface area contributed by atoms with Crippen LogP contribution in [0.1, 0.15) is 12.0 Å². The number of fused-ring (bicyclic) bond motifs is 1. The second-order valence-corrected chi connectivity index (χ2v) is 5.66. The van der Waals surface area contributed by atoms with E-state index in [1.54, 1.807) is 4.90 Å². The van der Waals surface area contributed by atoms with Crippen molar-refractivity contribution in [2.24, 2.45) is 5.73 Å². The zero-order valence-electron chi connectivity index (χ0n) is 12.1. The van der Waals surface area contributed by atoms with Crippen LogP contribution in [0.2, 0.25) is 0 Å². The van der Waals surface area contributed by atoms with E-state index in [2.05, 4.69) is 35.6 Å². The van der Waals surface area contributed by atoms with Gasteiger partial charge in [0, 0.05) is 25.7 Å². The number of hydrogen-bond donors (Lipinski definition) is 2. The molecule has 0 aliphatic carbocycles. The Morgan fingerprint density at radius 1 is 1.24 bits per heavy atom. The predicted octanol–water partition coefficient (Wildman–Crippen LogP) is 2.12. The number of amides is 2. The first-order chi connectivity index (χ1) is 10.2. The molecule has 1 aliphatic rings. The van der Waals surface area contributed by atoms with Gasteiger partial charge in [-0.3, -0.25) is 0 Å². The van der Waals surface area contributed by atoms with Crippen LogP contribution in [0.3, 0.4) is 0 Å². The molecular formula is C17H21N3O. The monoisotopic (exact) mass is 283 g/mol. The van der Waals surface area contributed by atoms with Crippen molar-refractivity contribution in [2.75, 3.05) is 19.6 Å². The summed E-state index contributed by atoms with van der Waals surface area (Å²) in [6.07, 6.45) is 1.74. The quantitative estimate of drug-likeness (QED) is 0.906. The second-order valence-electron chi connectivity index (χ2n) is 5.66. The van der Waals surface area contributed by atoms with E-state index < -0.39 is 0 Å². The number of carbonyl (C=O) groups excluding carboxylic acids is 1. The van der Waals surface area contributed by atoms with E-state index in [0.29, 0.717) is 13.1 Å². The third-order valence-corrected chi connectivity index (χ3v) is 4.02. The summed E-state index contributed by atoms with van der Waals surface area (Å²) in [5.74, 6) is 0. The number of nitrogens with zero attached hydrogens (tertiary/aromatic N) is 1. The van der Waals surface area contributed by atoms with E-state index >= 15 is 0 Å². The van der Waals surface area contributed by atoms with Gasteiger partial charge in [0.15, 0.2) is 0 Å². The molecule has 0 unspecified atom stereocenters. The lowest BCUT2D eigenvalue weighted by Crippen LogP contribution is -2.40. The molecule has 0 radical (unpaired) electrons. The van der Waals surface area contributed by atoms with Crippen molar-refractivity contribution in [1.82, 2.24) is 10.2 Å². The van der Waals surface area contributed by atoms with E-state index in [-0.39, 0.29) is 12.1 Å². The Bertz CT molecular complexity index is 641. The fraction of sp³-hybridized carbons (Fsp3) is 0.353. The van der Waals surface area contributed by atoms with E-state index in [0.717, 1.165) is 19.4 Å². The van der Waals surface area contributed by atoms with Crippen molar-refractivity contribution in [3.63, 3.8) is 0 Å². The fourth-order valence-electron chi connectivity index (χ4n) is 2.79. The number of nitrogens with two attached hydrogens (primary N) is 1. The SMILES string of the molecule is N[C@H]1CCN(C(=O)NCCc2ccc3ccccc3c2)C1. The van der Waals surface area contributed by atoms with Gasteiger partial charge >= 0.3 is 6.03 Å². The van der Waals surface area contributed by atoms with E-state index in [1.807, 2.05) is 12.1 Å². The number of hydrogen-bond acceptors (Lipinski definition) is 2. The van der Waals surface area contributed by atoms with Crippen molar-refractivity contribution in [3.8, 4) is 0 Å². The lowest BCUT2D eigenvalue weighted by Gasteiger charge is -2.16. The minimum Gasteiger partial charge on any atom is -0.338 e. The van der Waals surface area contributed by atoms with Crippen LogP contribution in [0.15, 0.2) is 42.5 Å². The molecule has 2 aromatic carbocycles. The fourth-order valence-corrected chi connectivity index (χ4v) is 2.79. The molecule has 4 nitrogen and oxygen atoms in total. The highest BCUT2D eigenvalue weighted by Crippen LogP contribution is 2.15. The molecule has 3 rings (SSSR count). The van der Waals surface area contributed by atoms with Crippen LogP contribution >= 0.6 is 0 Å². The molecule has 0 saturated carbocycles. The summed E-state index contributed by atoms with van der Waals surface area (Å²) >= 11 is 0. The Kier molecular flexibility index (Phi) is 4.06. The zero-order valence-corrected chi connectivity index (χ0v) is 12.1. The van der Waals surface area contributed by atoms with Crippen LogP contribution in [-0.2, 0) is 6.42 Å². The summed E-state index contributed by atoms with van der Waals surface area (Å²) in [4.78, 5) is 13.7. The van der Waals surface area contributed by atoms with E-state index in [9.17, 15) is 4.79 Å². The summed E-state index contributed by atoms with van der Waals surface area (Å²) in [7, 11) is 0. The van der Waals surface area contributed by atoms with Gasteiger partial charge < -0.3 is 16.0 Å². The number of carbonyl (C=O) groups is 1. The minimum atomic E-state index is 0.00346. The molecule has 2 amide bonds. The Morgan fingerprint density at radius 2 is 2.05 bits per heavy atom. The van der Waals surface area contributed by atoms with Crippen molar-refractivity contribution in [1.29, 1.82) is 0 Å². The first-order valence-electron chi connectivity index (χ1n) is 7.48. The number of rotatable bonds is 3. The lowest BCUT2D eigenvalue weighted by atomic mass is 10.1. The average molecular weight is 283 g/mol. The van der Waals surface area contributed by atoms with Crippen LogP contribution < -0.4 is 11.1 Å². The molecule has 4 heteroatoms. The highest BCUT2D eigenvalue weighted by molar-refractivity contribution is 5.83. The molecule has 0 aromatic heterocycles. The number of urea groups is 1. The van der Waals surface area contributed by atoms with E-state index in [1.165, 1.54) is 16.3 Å². The van der Waals surface area contributed by atoms with Gasteiger partial charge in [-0.05, 0) is 29.2 Å². The molecule has 0 spiro atoms. The smallest absolute Gasteiger partial charge is 0.317 e. The maximum Gasteiger partial charge on any atom is 0.317 e. The first kappa shape index (κ1) is 13.9. The van der Waals surface area contributed by atoms with Gasteiger partial charge in [-0.25, -0.2) is 4.79 Å². The molecule has 1 aliphatic heterocycles. The topological polar surface area (TPSA) is 58.4 Å². The number of benzene rings is 2. The van der Waals surface area contributed by atoms with Crippen molar-refractivity contribution in [3.05, 3.63) is 48.0 Å². The highest BCUT2D eigenvalue weighted by Gasteiger charge is 2.22. The molecule has 1 heterocycles. The van der Waals surface area contributed by atoms with Gasteiger partial charge in [-0.15, -0.1) is 0 Å². The van der Waals surface area contributed by atoms with Crippen LogP contribution in [0.5, 0.6) is 0 Å². The van der Waals surface area contributed by atoms with Gasteiger partial charge in [0.05, 0.1) is 0 Å². The summed E-state index contributed by atoms with van der Waals surface area (Å²) in [6.45, 7) is 2.09. The Labute approximate surface area is 124 Å². The zero-order chi connectivity index (χ0) is 14.7. The van der Waals surface area contributed by atoms with Gasteiger partial charge in [-0.1, -0.05) is 42.5 Å². The standard InChI is InChI=1S/C17H21N3O/c18-16-8-10-20(12-16)17(21)19-9-7-13-5-6-14-3-1-2-4-15(14)11-13/h1-6,11,16H,7-10,12,18H2,(H,19,21)/t16-/m0/s1. The van der Waals surface area contributed by atoms with Crippen LogP contribution in [0.4, 0.5) is 4.79 Å². The summed E-state index contributed by atoms with van der Waals surface area (Å²) in [5.41, 5.74) is 7.06. The Balaban J connectivity index is 1.53. The molecule has 110 valence electrons. The maximum absolute atomic E-state index is 12.0. The maximum atomic E-state index is 12.0. The second kappa shape index (κ2) is 6.14. The molecular weight excluding hydrogens is 262 g/mol. The predicted molar refractivity (Wildman–Crippen MR) is 85.2 cm³/mol. The molecule has 1 fully saturated rings. The lowest BCUT2D eigenvalue weighted by molar-refractivity contribution is 0.208. The van der Waals surface area contributed by atoms with Gasteiger partial charge in [0.2, 0.25) is 0 Å². The molecule has 21 heavy (non-hydrogen) atoms. The van der Waals surface area contributed by atoms with Crippen molar-refractivity contribution < 1.29 is 4.79 Å². The molecule has 1 atom stereocenters. The largest absolute Gasteiger partial charge is 0.338 e. The number of nitrogens with one attached hydrogen (secondary N) is 1. The third kappa shape index (κ3) is 3.34. The van der Waals surface area contributed by atoms with Crippen LogP contribution in [0.25, 0.3) is 10.8 Å². The minimum absolute atomic E-state index is 0.00346. The van der Waals surface area contributed by atoms with Gasteiger partial charge in [0.1, 0.15) is 0 Å². The average Bonchev–Trinajstić information content (AvgIpc) is 2.94. The molecule has 1 saturated heterocycles. The van der Waals surface area contributed by atoms with Crippen LogP contribution in [-0.4, -0.2) is 36.6 Å². The van der Waals surface area contributed by atoms with Crippen LogP contribution in [0, 0.1) is 0 Å². The number of likely N-dealkylation sites (tertiary alicyclic amines) is 1. The first-order valence-corrected chi connectivity index (χ1v) is 7.48. The molecule has 3 N–H and O–H groups in total. The summed E-state index contributed by atoms with van der Waals surface area (Å²) < 4.78 is 0. The highest BCUT2D eigenvalue weighted by atomic mass is 16.2. The van der Waals surface area contributed by atoms with E-state index in [4.69, 9.17) is 5.73 Å². The van der Waals surface area contributed by atoms with Crippen molar-refractivity contribution >= 4 is 16.8 Å². The Morgan fingerprint density at radius 3 is 2.81 bits per heavy atom. The molecule has 2 aromatic rings. The third-order valence-electron chi connectivity index (χ3n) is 4.02. The Hall–Kier alpha value is -2.07. The summed E-state index contributed by atoms with van der Waals surface area (Å²) in [5, 5.41) is 5.46. The molecule has 0 bridgehead atoms. The van der Waals surface area contributed by atoms with Gasteiger partial charge in [-0.2, -0.15) is 0 Å².